The number of carbonyl (C=O) groups is 3. The van der Waals surface area contributed by atoms with E-state index in [0.29, 0.717) is 11.1 Å². The quantitative estimate of drug-likeness (QED) is 0.492. The molecule has 0 bridgehead atoms. The lowest BCUT2D eigenvalue weighted by Crippen LogP contribution is -2.33. The van der Waals surface area contributed by atoms with Crippen LogP contribution >= 0.6 is 0 Å². The van der Waals surface area contributed by atoms with Crippen LogP contribution in [-0.2, 0) is 20.5 Å². The molecule has 1 atom stereocenters. The maximum atomic E-state index is 13.0. The van der Waals surface area contributed by atoms with Crippen molar-refractivity contribution in [2.24, 2.45) is 0 Å². The van der Waals surface area contributed by atoms with Crippen LogP contribution in [0.3, 0.4) is 0 Å². The summed E-state index contributed by atoms with van der Waals surface area (Å²) in [5.41, 5.74) is 0.493. The Balaban J connectivity index is 1.71. The van der Waals surface area contributed by atoms with E-state index in [9.17, 15) is 27.6 Å². The Labute approximate surface area is 193 Å². The maximum absolute atomic E-state index is 13.0. The highest BCUT2D eigenvalue weighted by atomic mass is 19.4. The van der Waals surface area contributed by atoms with E-state index in [4.69, 9.17) is 4.74 Å². The van der Waals surface area contributed by atoms with Gasteiger partial charge in [-0.25, -0.2) is 0 Å². The lowest BCUT2D eigenvalue weighted by atomic mass is 10.1. The first kappa shape index (κ1) is 24.5. The molecule has 6 nitrogen and oxygen atoms in total. The molecule has 0 aliphatic carbocycles. The number of carbonyl (C=O) groups excluding carboxylic acids is 3. The monoisotopic (exact) mass is 470 g/mol. The number of amides is 2. The van der Waals surface area contributed by atoms with Gasteiger partial charge in [0.2, 0.25) is 6.10 Å². The van der Waals surface area contributed by atoms with Crippen LogP contribution in [-0.4, -0.2) is 24.3 Å². The van der Waals surface area contributed by atoms with Crippen molar-refractivity contribution in [3.05, 3.63) is 101 Å². The molecule has 0 saturated carbocycles. The molecule has 0 aromatic heterocycles. The number of hydrogen-bond acceptors (Lipinski definition) is 4. The number of alkyl halides is 3. The summed E-state index contributed by atoms with van der Waals surface area (Å²) in [7, 11) is 0. The zero-order valence-electron chi connectivity index (χ0n) is 18.1. The predicted octanol–water partition coefficient (Wildman–Crippen LogP) is 4.67. The third kappa shape index (κ3) is 6.68. The lowest BCUT2D eigenvalue weighted by molar-refractivity contribution is -0.153. The van der Waals surface area contributed by atoms with E-state index >= 15 is 0 Å². The lowest BCUT2D eigenvalue weighted by Gasteiger charge is -2.19. The summed E-state index contributed by atoms with van der Waals surface area (Å²) in [5, 5.41) is 4.78. The number of hydrogen-bond donors (Lipinski definition) is 2. The minimum atomic E-state index is -4.58. The molecule has 3 rings (SSSR count). The molecule has 0 fully saturated rings. The van der Waals surface area contributed by atoms with E-state index in [0.717, 1.165) is 23.8 Å². The minimum absolute atomic E-state index is 0.107. The fraction of sp³-hybridized carbons (Fsp3) is 0.160. The molecule has 0 spiro atoms. The summed E-state index contributed by atoms with van der Waals surface area (Å²) in [6.45, 7) is 1.31. The van der Waals surface area contributed by atoms with Crippen LogP contribution in [0.15, 0.2) is 78.9 Å². The molecule has 2 amide bonds. The Morgan fingerprint density at radius 2 is 1.62 bits per heavy atom. The fourth-order valence-corrected chi connectivity index (χ4v) is 3.10. The largest absolute Gasteiger partial charge is 0.446 e. The first-order valence-corrected chi connectivity index (χ1v) is 10.2. The molecule has 0 heterocycles. The van der Waals surface area contributed by atoms with Gasteiger partial charge in [0.25, 0.3) is 11.8 Å². The summed E-state index contributed by atoms with van der Waals surface area (Å²) in [4.78, 5) is 37.5. The summed E-state index contributed by atoms with van der Waals surface area (Å²) in [6, 6.07) is 18.9. The average molecular weight is 470 g/mol. The Hall–Kier alpha value is -4.14. The topological polar surface area (TPSA) is 84.5 Å². The van der Waals surface area contributed by atoms with Crippen LogP contribution in [0.1, 0.15) is 33.2 Å². The van der Waals surface area contributed by atoms with Gasteiger partial charge in [-0.15, -0.1) is 0 Å². The van der Waals surface area contributed by atoms with Crippen molar-refractivity contribution in [3.8, 4) is 0 Å². The molecule has 1 unspecified atom stereocenters. The summed E-state index contributed by atoms with van der Waals surface area (Å²) >= 11 is 0. The molecular weight excluding hydrogens is 449 g/mol. The maximum Gasteiger partial charge on any atom is 0.416 e. The third-order valence-corrected chi connectivity index (χ3v) is 4.72. The average Bonchev–Trinajstić information content (AvgIpc) is 2.81. The van der Waals surface area contributed by atoms with Crippen molar-refractivity contribution in [2.75, 3.05) is 11.9 Å². The van der Waals surface area contributed by atoms with E-state index in [-0.39, 0.29) is 5.69 Å². The number of rotatable bonds is 7. The fourth-order valence-electron chi connectivity index (χ4n) is 3.10. The van der Waals surface area contributed by atoms with Crippen LogP contribution in [0.2, 0.25) is 0 Å². The molecule has 3 aromatic rings. The number of esters is 1. The van der Waals surface area contributed by atoms with Crippen molar-refractivity contribution in [3.63, 3.8) is 0 Å². The number of benzene rings is 3. The van der Waals surface area contributed by atoms with Crippen molar-refractivity contribution >= 4 is 23.5 Å². The van der Waals surface area contributed by atoms with Gasteiger partial charge in [-0.2, -0.15) is 13.2 Å². The van der Waals surface area contributed by atoms with Crippen LogP contribution in [0.4, 0.5) is 18.9 Å². The van der Waals surface area contributed by atoms with Gasteiger partial charge >= 0.3 is 12.1 Å². The molecule has 0 radical (unpaired) electrons. The second kappa shape index (κ2) is 10.7. The van der Waals surface area contributed by atoms with Crippen molar-refractivity contribution in [1.29, 1.82) is 0 Å². The number of ether oxygens (including phenoxy) is 1. The zero-order valence-corrected chi connectivity index (χ0v) is 18.1. The predicted molar refractivity (Wildman–Crippen MR) is 119 cm³/mol. The molecule has 0 aliphatic rings. The first-order chi connectivity index (χ1) is 16.1. The van der Waals surface area contributed by atoms with Gasteiger partial charge in [-0.3, -0.25) is 14.4 Å². The number of halogens is 3. The molecular formula is C25H21F3N2O4. The van der Waals surface area contributed by atoms with Crippen LogP contribution in [0, 0.1) is 6.92 Å². The molecule has 3 aromatic carbocycles. The Bertz CT molecular complexity index is 1180. The summed E-state index contributed by atoms with van der Waals surface area (Å²) in [6.07, 6.45) is -6.03. The Morgan fingerprint density at radius 1 is 0.912 bits per heavy atom. The van der Waals surface area contributed by atoms with Crippen molar-refractivity contribution < 1.29 is 32.3 Å². The highest BCUT2D eigenvalue weighted by molar-refractivity contribution is 5.98. The molecule has 9 heteroatoms. The van der Waals surface area contributed by atoms with Gasteiger partial charge in [0.15, 0.2) is 0 Å². The van der Waals surface area contributed by atoms with E-state index in [1.807, 2.05) is 13.0 Å². The van der Waals surface area contributed by atoms with E-state index in [1.54, 1.807) is 36.4 Å². The Kier molecular flexibility index (Phi) is 7.68. The smallest absolute Gasteiger partial charge is 0.416 e. The normalized spacial score (nSPS) is 11.9. The van der Waals surface area contributed by atoms with Crippen LogP contribution in [0.25, 0.3) is 0 Å². The Morgan fingerprint density at radius 3 is 2.29 bits per heavy atom. The number of nitrogens with one attached hydrogen (secondary N) is 2. The van der Waals surface area contributed by atoms with Gasteiger partial charge in [0.05, 0.1) is 5.56 Å². The van der Waals surface area contributed by atoms with Gasteiger partial charge in [0.1, 0.15) is 6.54 Å². The molecule has 0 saturated heterocycles. The van der Waals surface area contributed by atoms with Gasteiger partial charge in [-0.1, -0.05) is 54.1 Å². The number of aryl methyl sites for hydroxylation is 1. The molecule has 0 aliphatic heterocycles. The van der Waals surface area contributed by atoms with Crippen molar-refractivity contribution in [2.45, 2.75) is 19.2 Å². The highest BCUT2D eigenvalue weighted by Gasteiger charge is 2.31. The molecule has 34 heavy (non-hydrogen) atoms. The minimum Gasteiger partial charge on any atom is -0.446 e. The van der Waals surface area contributed by atoms with Gasteiger partial charge in [-0.05, 0) is 37.3 Å². The van der Waals surface area contributed by atoms with Gasteiger partial charge < -0.3 is 15.4 Å². The number of anilines is 1. The van der Waals surface area contributed by atoms with Crippen molar-refractivity contribution in [1.82, 2.24) is 5.32 Å². The molecule has 2 N–H and O–H groups in total. The first-order valence-electron chi connectivity index (χ1n) is 10.2. The SMILES string of the molecule is Cc1cccc(C(=O)NCC(=O)OC(C(=O)Nc2cccc(C(F)(F)F)c2)c2ccccc2)c1. The second-order valence-corrected chi connectivity index (χ2v) is 7.40. The van der Waals surface area contributed by atoms with E-state index in [1.165, 1.54) is 18.2 Å². The zero-order chi connectivity index (χ0) is 24.7. The van der Waals surface area contributed by atoms with Crippen LogP contribution < -0.4 is 10.6 Å². The van der Waals surface area contributed by atoms with E-state index in [2.05, 4.69) is 10.6 Å². The third-order valence-electron chi connectivity index (χ3n) is 4.72. The summed E-state index contributed by atoms with van der Waals surface area (Å²) in [5.74, 6) is -2.23. The van der Waals surface area contributed by atoms with Gasteiger partial charge in [0, 0.05) is 16.8 Å². The summed E-state index contributed by atoms with van der Waals surface area (Å²) < 4.78 is 44.2. The van der Waals surface area contributed by atoms with E-state index < -0.39 is 42.2 Å². The van der Waals surface area contributed by atoms with Crippen LogP contribution in [0.5, 0.6) is 0 Å². The highest BCUT2D eigenvalue weighted by Crippen LogP contribution is 2.31. The second-order valence-electron chi connectivity index (χ2n) is 7.40. The standard InChI is InChI=1S/C25H21F3N2O4/c1-16-7-5-10-18(13-16)23(32)29-15-21(31)34-22(17-8-3-2-4-9-17)24(33)30-20-12-6-11-19(14-20)25(26,27)28/h2-14,22H,15H2,1H3,(H,29,32)(H,30,33). The molecule has 176 valence electrons.